The maximum atomic E-state index is 10.5. The third kappa shape index (κ3) is 3.12. The van der Waals surface area contributed by atoms with E-state index in [1.807, 2.05) is 20.8 Å². The fraction of sp³-hybridized carbons (Fsp3) is 0.625. The highest BCUT2D eigenvalue weighted by atomic mass is 16.3. The van der Waals surface area contributed by atoms with Gasteiger partial charge in [-0.25, -0.2) is 0 Å². The summed E-state index contributed by atoms with van der Waals surface area (Å²) in [7, 11) is 0. The molecule has 1 unspecified atom stereocenters. The fourth-order valence-electron chi connectivity index (χ4n) is 1.93. The van der Waals surface area contributed by atoms with E-state index in [1.165, 1.54) is 5.56 Å². The van der Waals surface area contributed by atoms with Crippen LogP contribution < -0.4 is 5.73 Å². The topological polar surface area (TPSA) is 46.2 Å². The zero-order valence-corrected chi connectivity index (χ0v) is 12.5. The summed E-state index contributed by atoms with van der Waals surface area (Å²) in [5.74, 6) is 0. The highest BCUT2D eigenvalue weighted by Crippen LogP contribution is 2.36. The molecular weight excluding hydrogens is 222 g/mol. The number of nitrogens with two attached hydrogens (primary N) is 1. The van der Waals surface area contributed by atoms with Crippen LogP contribution in [0.4, 0.5) is 0 Å². The predicted molar refractivity (Wildman–Crippen MR) is 77.7 cm³/mol. The summed E-state index contributed by atoms with van der Waals surface area (Å²) in [6.07, 6.45) is -0.523. The Balaban J connectivity index is 3.24. The van der Waals surface area contributed by atoms with Crippen molar-refractivity contribution in [3.63, 3.8) is 0 Å². The first-order valence-corrected chi connectivity index (χ1v) is 6.59. The Morgan fingerprint density at radius 1 is 1.17 bits per heavy atom. The molecule has 0 amide bonds. The number of hydrogen-bond acceptors (Lipinski definition) is 2. The van der Waals surface area contributed by atoms with E-state index in [2.05, 4.69) is 39.0 Å². The minimum atomic E-state index is -0.523. The smallest absolute Gasteiger partial charge is 0.0855 e. The Labute approximate surface area is 111 Å². The van der Waals surface area contributed by atoms with Gasteiger partial charge in [0.25, 0.3) is 0 Å². The van der Waals surface area contributed by atoms with Gasteiger partial charge >= 0.3 is 0 Å². The maximum Gasteiger partial charge on any atom is 0.0855 e. The lowest BCUT2D eigenvalue weighted by Gasteiger charge is -2.31. The number of rotatable bonds is 3. The van der Waals surface area contributed by atoms with Crippen LogP contribution in [0.15, 0.2) is 18.2 Å². The predicted octanol–water partition coefficient (Wildman–Crippen LogP) is 3.31. The molecule has 0 aliphatic carbocycles. The number of aryl methyl sites for hydroxylation is 1. The quantitative estimate of drug-likeness (QED) is 0.863. The minimum Gasteiger partial charge on any atom is -0.388 e. The van der Waals surface area contributed by atoms with Gasteiger partial charge in [0.15, 0.2) is 0 Å². The standard InChI is InChI=1S/C16H27NO/c1-11-7-8-12(15(2,3)4)9-13(11)14(18)16(5,6)10-17/h7-9,14,18H,10,17H2,1-6H3. The van der Waals surface area contributed by atoms with Crippen LogP contribution in [0.3, 0.4) is 0 Å². The van der Waals surface area contributed by atoms with E-state index in [9.17, 15) is 5.11 Å². The molecule has 0 heterocycles. The molecule has 102 valence electrons. The van der Waals surface area contributed by atoms with Gasteiger partial charge in [-0.05, 0) is 29.0 Å². The molecular formula is C16H27NO. The normalized spacial score (nSPS) is 14.7. The Morgan fingerprint density at radius 2 is 1.72 bits per heavy atom. The van der Waals surface area contributed by atoms with Gasteiger partial charge < -0.3 is 10.8 Å². The Morgan fingerprint density at radius 3 is 2.17 bits per heavy atom. The molecule has 1 aromatic carbocycles. The van der Waals surface area contributed by atoms with Crippen molar-refractivity contribution in [1.29, 1.82) is 0 Å². The molecule has 1 aromatic rings. The molecule has 1 atom stereocenters. The van der Waals surface area contributed by atoms with Crippen LogP contribution in [0, 0.1) is 12.3 Å². The van der Waals surface area contributed by atoms with E-state index in [-0.39, 0.29) is 10.8 Å². The molecule has 1 rings (SSSR count). The Bertz CT molecular complexity index is 416. The molecule has 3 N–H and O–H groups in total. The van der Waals surface area contributed by atoms with E-state index in [0.717, 1.165) is 11.1 Å². The van der Waals surface area contributed by atoms with Crippen molar-refractivity contribution in [3.8, 4) is 0 Å². The van der Waals surface area contributed by atoms with Gasteiger partial charge in [0, 0.05) is 12.0 Å². The van der Waals surface area contributed by atoms with Gasteiger partial charge in [-0.15, -0.1) is 0 Å². The molecule has 0 aliphatic heterocycles. The molecule has 0 saturated heterocycles. The van der Waals surface area contributed by atoms with Crippen LogP contribution in [-0.2, 0) is 5.41 Å². The summed E-state index contributed by atoms with van der Waals surface area (Å²) in [6, 6.07) is 6.35. The molecule has 0 aromatic heterocycles. The first-order chi connectivity index (χ1) is 8.09. The highest BCUT2D eigenvalue weighted by Gasteiger charge is 2.29. The third-order valence-corrected chi connectivity index (χ3v) is 3.71. The second kappa shape index (κ2) is 5.02. The molecule has 2 nitrogen and oxygen atoms in total. The van der Waals surface area contributed by atoms with Gasteiger partial charge in [-0.1, -0.05) is 52.8 Å². The average molecular weight is 249 g/mol. The average Bonchev–Trinajstić information content (AvgIpc) is 2.27. The lowest BCUT2D eigenvalue weighted by molar-refractivity contribution is 0.0549. The van der Waals surface area contributed by atoms with E-state index < -0.39 is 6.10 Å². The summed E-state index contributed by atoms with van der Waals surface area (Å²) >= 11 is 0. The van der Waals surface area contributed by atoms with E-state index in [4.69, 9.17) is 5.73 Å². The van der Waals surface area contributed by atoms with Crippen LogP contribution in [0.25, 0.3) is 0 Å². The molecule has 0 spiro atoms. The molecule has 0 radical (unpaired) electrons. The van der Waals surface area contributed by atoms with Crippen molar-refractivity contribution in [2.45, 2.75) is 53.1 Å². The van der Waals surface area contributed by atoms with Gasteiger partial charge in [0.2, 0.25) is 0 Å². The molecule has 0 aliphatic rings. The lowest BCUT2D eigenvalue weighted by Crippen LogP contribution is -2.31. The number of hydrogen-bond donors (Lipinski definition) is 2. The summed E-state index contributed by atoms with van der Waals surface area (Å²) in [5.41, 5.74) is 8.91. The molecule has 18 heavy (non-hydrogen) atoms. The van der Waals surface area contributed by atoms with Crippen molar-refractivity contribution in [1.82, 2.24) is 0 Å². The van der Waals surface area contributed by atoms with Crippen molar-refractivity contribution < 1.29 is 5.11 Å². The second-order valence-corrected chi connectivity index (χ2v) is 6.92. The van der Waals surface area contributed by atoms with Gasteiger partial charge in [0.1, 0.15) is 0 Å². The minimum absolute atomic E-state index is 0.0923. The van der Waals surface area contributed by atoms with Crippen LogP contribution >= 0.6 is 0 Å². The van der Waals surface area contributed by atoms with Crippen molar-refractivity contribution >= 4 is 0 Å². The first-order valence-electron chi connectivity index (χ1n) is 6.59. The van der Waals surface area contributed by atoms with Crippen molar-refractivity contribution in [3.05, 3.63) is 34.9 Å². The largest absolute Gasteiger partial charge is 0.388 e. The molecule has 0 saturated carbocycles. The molecule has 2 heteroatoms. The van der Waals surface area contributed by atoms with E-state index >= 15 is 0 Å². The monoisotopic (exact) mass is 249 g/mol. The SMILES string of the molecule is Cc1ccc(C(C)(C)C)cc1C(O)C(C)(C)CN. The third-order valence-electron chi connectivity index (χ3n) is 3.71. The molecule has 0 fully saturated rings. The summed E-state index contributed by atoms with van der Waals surface area (Å²) in [5, 5.41) is 10.5. The molecule has 0 bridgehead atoms. The zero-order valence-electron chi connectivity index (χ0n) is 12.5. The first kappa shape index (κ1) is 15.2. The van der Waals surface area contributed by atoms with Crippen molar-refractivity contribution in [2.75, 3.05) is 6.54 Å². The number of benzene rings is 1. The summed E-state index contributed by atoms with van der Waals surface area (Å²) < 4.78 is 0. The van der Waals surface area contributed by atoms with Crippen LogP contribution in [0.5, 0.6) is 0 Å². The number of aliphatic hydroxyl groups excluding tert-OH is 1. The van der Waals surface area contributed by atoms with Gasteiger partial charge in [-0.2, -0.15) is 0 Å². The number of aliphatic hydroxyl groups is 1. The lowest BCUT2D eigenvalue weighted by atomic mass is 9.78. The van der Waals surface area contributed by atoms with Gasteiger partial charge in [0.05, 0.1) is 6.10 Å². The van der Waals surface area contributed by atoms with Crippen LogP contribution in [-0.4, -0.2) is 11.7 Å². The Hall–Kier alpha value is -0.860. The van der Waals surface area contributed by atoms with E-state index in [1.54, 1.807) is 0 Å². The summed E-state index contributed by atoms with van der Waals surface area (Å²) in [6.45, 7) is 13.1. The maximum absolute atomic E-state index is 10.5. The van der Waals surface area contributed by atoms with Crippen molar-refractivity contribution in [2.24, 2.45) is 11.1 Å². The van der Waals surface area contributed by atoms with E-state index in [0.29, 0.717) is 6.54 Å². The van der Waals surface area contributed by atoms with Crippen LogP contribution in [0.1, 0.15) is 57.4 Å². The van der Waals surface area contributed by atoms with Gasteiger partial charge in [-0.3, -0.25) is 0 Å². The fourth-order valence-corrected chi connectivity index (χ4v) is 1.93. The van der Waals surface area contributed by atoms with Crippen LogP contribution in [0.2, 0.25) is 0 Å². The highest BCUT2D eigenvalue weighted by molar-refractivity contribution is 5.36. The zero-order chi connectivity index (χ0) is 14.1. The Kier molecular flexibility index (Phi) is 4.24. The second-order valence-electron chi connectivity index (χ2n) is 6.92. The summed E-state index contributed by atoms with van der Waals surface area (Å²) in [4.78, 5) is 0.